The number of rotatable bonds is 7. The van der Waals surface area contributed by atoms with Gasteiger partial charge >= 0.3 is 0 Å². The minimum atomic E-state index is -3.68. The molecule has 0 heterocycles. The van der Waals surface area contributed by atoms with Gasteiger partial charge in [-0.05, 0) is 58.4 Å². The molecule has 26 heavy (non-hydrogen) atoms. The number of benzene rings is 2. The lowest BCUT2D eigenvalue weighted by atomic mass is 10.2. The van der Waals surface area contributed by atoms with Gasteiger partial charge in [0.05, 0.1) is 11.4 Å². The van der Waals surface area contributed by atoms with Gasteiger partial charge in [-0.25, -0.2) is 17.1 Å². The molecule has 0 aliphatic rings. The monoisotopic (exact) mass is 444 g/mol. The molecule has 0 saturated heterocycles. The highest BCUT2D eigenvalue weighted by atomic mass is 79.9. The number of hydrogen-bond donors (Lipinski definition) is 1. The molecule has 9 heteroatoms. The van der Waals surface area contributed by atoms with Gasteiger partial charge in [0, 0.05) is 24.1 Å². The quantitative estimate of drug-likeness (QED) is 0.665. The van der Waals surface area contributed by atoms with Crippen molar-refractivity contribution >= 4 is 31.9 Å². The lowest BCUT2D eigenvalue weighted by Gasteiger charge is -2.14. The van der Waals surface area contributed by atoms with Crippen molar-refractivity contribution in [3.63, 3.8) is 0 Å². The van der Waals surface area contributed by atoms with Gasteiger partial charge in [-0.1, -0.05) is 0 Å². The van der Waals surface area contributed by atoms with Crippen molar-refractivity contribution in [2.45, 2.75) is 4.90 Å². The molecule has 0 spiro atoms. The van der Waals surface area contributed by atoms with Gasteiger partial charge < -0.3 is 10.1 Å². The molecule has 6 nitrogen and oxygen atoms in total. The summed E-state index contributed by atoms with van der Waals surface area (Å²) in [5, 5.41) is 2.65. The van der Waals surface area contributed by atoms with Gasteiger partial charge in [-0.3, -0.25) is 4.79 Å². The van der Waals surface area contributed by atoms with Gasteiger partial charge in [-0.15, -0.1) is 0 Å². The largest absolute Gasteiger partial charge is 0.492 e. The maximum absolute atomic E-state index is 12.8. The first-order valence-corrected chi connectivity index (χ1v) is 9.84. The summed E-state index contributed by atoms with van der Waals surface area (Å²) in [6.45, 7) is 0.402. The fourth-order valence-corrected chi connectivity index (χ4v) is 3.85. The van der Waals surface area contributed by atoms with Crippen LogP contribution in [-0.4, -0.2) is 45.9 Å². The van der Waals surface area contributed by atoms with E-state index in [2.05, 4.69) is 21.2 Å². The van der Waals surface area contributed by atoms with Crippen LogP contribution in [0.25, 0.3) is 0 Å². The summed E-state index contributed by atoms with van der Waals surface area (Å²) in [5.41, 5.74) is 0.218. The van der Waals surface area contributed by atoms with E-state index in [0.29, 0.717) is 10.2 Å². The average Bonchev–Trinajstić information content (AvgIpc) is 2.60. The third-order valence-electron chi connectivity index (χ3n) is 3.42. The van der Waals surface area contributed by atoms with E-state index in [1.807, 2.05) is 0 Å². The highest BCUT2D eigenvalue weighted by molar-refractivity contribution is 9.10. The Hall–Kier alpha value is -1.97. The van der Waals surface area contributed by atoms with E-state index < -0.39 is 15.9 Å². The maximum Gasteiger partial charge on any atom is 0.251 e. The van der Waals surface area contributed by atoms with Gasteiger partial charge in [0.15, 0.2) is 0 Å². The molecular formula is C17H18BrFN2O4S. The normalized spacial score (nSPS) is 11.4. The summed E-state index contributed by atoms with van der Waals surface area (Å²) in [7, 11) is -0.841. The third-order valence-corrected chi connectivity index (χ3v) is 6.23. The number of hydrogen-bond acceptors (Lipinski definition) is 4. The van der Waals surface area contributed by atoms with Gasteiger partial charge in [-0.2, -0.15) is 0 Å². The molecule has 2 aromatic rings. The van der Waals surface area contributed by atoms with Gasteiger partial charge in [0.1, 0.15) is 18.2 Å². The lowest BCUT2D eigenvalue weighted by Crippen LogP contribution is -2.28. The van der Waals surface area contributed by atoms with Crippen LogP contribution in [-0.2, 0) is 10.0 Å². The number of amides is 1. The van der Waals surface area contributed by atoms with E-state index in [1.165, 1.54) is 56.6 Å². The van der Waals surface area contributed by atoms with Crippen LogP contribution in [0.4, 0.5) is 4.39 Å². The van der Waals surface area contributed by atoms with Crippen LogP contribution in [0.2, 0.25) is 0 Å². The zero-order chi connectivity index (χ0) is 19.3. The molecule has 2 rings (SSSR count). The first kappa shape index (κ1) is 20.3. The highest BCUT2D eigenvalue weighted by Gasteiger charge is 2.22. The van der Waals surface area contributed by atoms with Crippen LogP contribution >= 0.6 is 15.9 Å². The molecule has 0 bridgehead atoms. The molecule has 0 fully saturated rings. The number of nitrogens with zero attached hydrogens (tertiary/aromatic N) is 1. The van der Waals surface area contributed by atoms with Crippen molar-refractivity contribution in [3.8, 4) is 5.75 Å². The van der Waals surface area contributed by atoms with E-state index in [9.17, 15) is 17.6 Å². The second kappa shape index (κ2) is 8.61. The van der Waals surface area contributed by atoms with Crippen LogP contribution in [0.5, 0.6) is 5.75 Å². The molecule has 0 saturated carbocycles. The topological polar surface area (TPSA) is 75.7 Å². The van der Waals surface area contributed by atoms with E-state index in [-0.39, 0.29) is 29.4 Å². The fourth-order valence-electron chi connectivity index (χ4n) is 2.01. The molecule has 0 unspecified atom stereocenters. The fraction of sp³-hybridized carbons (Fsp3) is 0.235. The van der Waals surface area contributed by atoms with Crippen molar-refractivity contribution in [2.24, 2.45) is 0 Å². The van der Waals surface area contributed by atoms with E-state index in [4.69, 9.17) is 4.74 Å². The van der Waals surface area contributed by atoms with Crippen molar-refractivity contribution in [2.75, 3.05) is 27.2 Å². The molecule has 0 aromatic heterocycles. The Kier molecular flexibility index (Phi) is 6.74. The first-order valence-electron chi connectivity index (χ1n) is 7.60. The Labute approximate surface area is 160 Å². The molecule has 1 N–H and O–H groups in total. The molecule has 2 aromatic carbocycles. The standard InChI is InChI=1S/C17H18BrFN2O4S/c1-21(2)26(23,24)16-11-12(3-8-15(16)18)17(22)20-9-10-25-14-6-4-13(19)5-7-14/h3-8,11H,9-10H2,1-2H3,(H,20,22). The summed E-state index contributed by atoms with van der Waals surface area (Å²) in [4.78, 5) is 12.2. The van der Waals surface area contributed by atoms with Gasteiger partial charge in [0.2, 0.25) is 10.0 Å². The van der Waals surface area contributed by atoms with E-state index >= 15 is 0 Å². The Morgan fingerprint density at radius 1 is 1.19 bits per heavy atom. The van der Waals surface area contributed by atoms with Crippen LogP contribution in [0.15, 0.2) is 51.8 Å². The van der Waals surface area contributed by atoms with Crippen LogP contribution in [0, 0.1) is 5.82 Å². The van der Waals surface area contributed by atoms with Crippen LogP contribution < -0.4 is 10.1 Å². The average molecular weight is 445 g/mol. The zero-order valence-electron chi connectivity index (χ0n) is 14.2. The molecule has 140 valence electrons. The summed E-state index contributed by atoms with van der Waals surface area (Å²) in [5.74, 6) is -0.288. The van der Waals surface area contributed by atoms with Crippen molar-refractivity contribution in [1.82, 2.24) is 9.62 Å². The van der Waals surface area contributed by atoms with Gasteiger partial charge in [0.25, 0.3) is 5.91 Å². The molecule has 0 aliphatic carbocycles. The molecule has 0 aliphatic heterocycles. The first-order chi connectivity index (χ1) is 12.2. The summed E-state index contributed by atoms with van der Waals surface area (Å²) in [6.07, 6.45) is 0. The summed E-state index contributed by atoms with van der Waals surface area (Å²) >= 11 is 3.19. The predicted molar refractivity (Wildman–Crippen MR) is 99.2 cm³/mol. The van der Waals surface area contributed by atoms with Crippen LogP contribution in [0.3, 0.4) is 0 Å². The van der Waals surface area contributed by atoms with Crippen molar-refractivity contribution in [1.29, 1.82) is 0 Å². The molecule has 1 amide bonds. The van der Waals surface area contributed by atoms with Crippen molar-refractivity contribution < 1.29 is 22.3 Å². The van der Waals surface area contributed by atoms with E-state index in [1.54, 1.807) is 0 Å². The second-order valence-electron chi connectivity index (χ2n) is 5.49. The Morgan fingerprint density at radius 2 is 1.85 bits per heavy atom. The minimum absolute atomic E-state index is 0.0118. The molecule has 0 atom stereocenters. The maximum atomic E-state index is 12.8. The Morgan fingerprint density at radius 3 is 2.46 bits per heavy atom. The number of ether oxygens (including phenoxy) is 1. The number of nitrogens with one attached hydrogen (secondary N) is 1. The van der Waals surface area contributed by atoms with E-state index in [0.717, 1.165) is 4.31 Å². The minimum Gasteiger partial charge on any atom is -0.492 e. The highest BCUT2D eigenvalue weighted by Crippen LogP contribution is 2.25. The summed E-state index contributed by atoms with van der Waals surface area (Å²) < 4.78 is 44.2. The van der Waals surface area contributed by atoms with Crippen LogP contribution in [0.1, 0.15) is 10.4 Å². The number of carbonyl (C=O) groups excluding carboxylic acids is 1. The SMILES string of the molecule is CN(C)S(=O)(=O)c1cc(C(=O)NCCOc2ccc(F)cc2)ccc1Br. The number of halogens is 2. The predicted octanol–water partition coefficient (Wildman–Crippen LogP) is 2.65. The van der Waals surface area contributed by atoms with Crippen molar-refractivity contribution in [3.05, 3.63) is 58.3 Å². The summed E-state index contributed by atoms with van der Waals surface area (Å²) in [6, 6.07) is 9.89. The number of carbonyl (C=O) groups is 1. The lowest BCUT2D eigenvalue weighted by molar-refractivity contribution is 0.0946. The molecule has 0 radical (unpaired) electrons. The third kappa shape index (κ3) is 5.03. The molecular weight excluding hydrogens is 427 g/mol. The Bertz CT molecular complexity index is 886. The smallest absolute Gasteiger partial charge is 0.251 e. The Balaban J connectivity index is 1.98. The zero-order valence-corrected chi connectivity index (χ0v) is 16.6. The second-order valence-corrected chi connectivity index (χ2v) is 8.47. The number of sulfonamides is 1.